The van der Waals surface area contributed by atoms with E-state index in [1.165, 1.54) is 54.8 Å². The van der Waals surface area contributed by atoms with Crippen molar-refractivity contribution in [2.24, 2.45) is 0 Å². The number of aromatic amines is 1. The number of rotatable bonds is 3. The van der Waals surface area contributed by atoms with Crippen LogP contribution in [0.15, 0.2) is 156 Å². The Morgan fingerprint density at radius 2 is 1.04 bits per heavy atom. The van der Waals surface area contributed by atoms with Crippen LogP contribution < -0.4 is 0 Å². The highest BCUT2D eigenvalue weighted by molar-refractivity contribution is 6.12. The Kier molecular flexibility index (Phi) is 5.00. The Hall–Kier alpha value is -6.06. The third-order valence-electron chi connectivity index (χ3n) is 9.35. The van der Waals surface area contributed by atoms with E-state index >= 15 is 0 Å². The van der Waals surface area contributed by atoms with E-state index in [0.717, 1.165) is 38.7 Å². The second kappa shape index (κ2) is 9.22. The lowest BCUT2D eigenvalue weighted by Crippen LogP contribution is -1.97. The van der Waals surface area contributed by atoms with Gasteiger partial charge in [0, 0.05) is 48.9 Å². The molecule has 0 saturated carbocycles. The lowest BCUT2D eigenvalue weighted by Gasteiger charge is -2.14. The Balaban J connectivity index is 1.20. The first-order chi connectivity index (χ1) is 22.3. The first-order valence-electron chi connectivity index (χ1n) is 15.4. The highest BCUT2D eigenvalue weighted by Gasteiger charge is 2.17. The van der Waals surface area contributed by atoms with Gasteiger partial charge < -0.3 is 14.0 Å². The van der Waals surface area contributed by atoms with Crippen LogP contribution in [0, 0.1) is 0 Å². The van der Waals surface area contributed by atoms with Crippen molar-refractivity contribution in [1.29, 1.82) is 0 Å². The molecule has 0 fully saturated rings. The Morgan fingerprint density at radius 1 is 0.400 bits per heavy atom. The van der Waals surface area contributed by atoms with Gasteiger partial charge in [-0.05, 0) is 65.2 Å². The van der Waals surface area contributed by atoms with E-state index in [9.17, 15) is 0 Å². The number of nitrogens with zero attached hydrogens (tertiary/aromatic N) is 1. The smallest absolute Gasteiger partial charge is 0.135 e. The van der Waals surface area contributed by atoms with Crippen LogP contribution in [0.3, 0.4) is 0 Å². The fourth-order valence-corrected chi connectivity index (χ4v) is 7.25. The summed E-state index contributed by atoms with van der Waals surface area (Å²) in [4.78, 5) is 3.62. The molecular weight excluding hydrogens is 548 g/mol. The van der Waals surface area contributed by atoms with Crippen LogP contribution in [0.4, 0.5) is 0 Å². The van der Waals surface area contributed by atoms with Gasteiger partial charge in [-0.2, -0.15) is 0 Å². The zero-order valence-electron chi connectivity index (χ0n) is 24.3. The third kappa shape index (κ3) is 3.58. The van der Waals surface area contributed by atoms with Gasteiger partial charge in [-0.15, -0.1) is 0 Å². The van der Waals surface area contributed by atoms with Gasteiger partial charge in [0.2, 0.25) is 0 Å². The number of para-hydroxylation sites is 4. The Morgan fingerprint density at radius 3 is 1.98 bits per heavy atom. The van der Waals surface area contributed by atoms with E-state index in [2.05, 4.69) is 149 Å². The Bertz CT molecular complexity index is 2770. The first-order valence-corrected chi connectivity index (χ1v) is 15.4. The molecule has 10 aromatic rings. The lowest BCUT2D eigenvalue weighted by molar-refractivity contribution is 0.669. The van der Waals surface area contributed by atoms with Crippen molar-refractivity contribution < 1.29 is 4.42 Å². The number of hydrogen-bond donors (Lipinski definition) is 1. The van der Waals surface area contributed by atoms with Crippen LogP contribution in [-0.4, -0.2) is 9.55 Å². The van der Waals surface area contributed by atoms with Crippen LogP contribution in [0.1, 0.15) is 0 Å². The summed E-state index contributed by atoms with van der Waals surface area (Å²) in [6.45, 7) is 0. The van der Waals surface area contributed by atoms with Gasteiger partial charge in [-0.3, -0.25) is 0 Å². The quantitative estimate of drug-likeness (QED) is 0.224. The zero-order valence-corrected chi connectivity index (χ0v) is 24.3. The maximum absolute atomic E-state index is 6.15. The van der Waals surface area contributed by atoms with Gasteiger partial charge >= 0.3 is 0 Å². The second-order valence-corrected chi connectivity index (χ2v) is 11.8. The number of nitrogens with one attached hydrogen (secondary N) is 1. The average Bonchev–Trinajstić information content (AvgIpc) is 3.76. The largest absolute Gasteiger partial charge is 0.456 e. The van der Waals surface area contributed by atoms with Gasteiger partial charge in [0.05, 0.1) is 16.7 Å². The van der Waals surface area contributed by atoms with E-state index < -0.39 is 0 Å². The summed E-state index contributed by atoms with van der Waals surface area (Å²) < 4.78 is 8.59. The summed E-state index contributed by atoms with van der Waals surface area (Å²) in [6.07, 6.45) is 0. The number of fused-ring (bicyclic) bond motifs is 9. The van der Waals surface area contributed by atoms with E-state index in [1.54, 1.807) is 0 Å². The molecule has 0 aliphatic carbocycles. The monoisotopic (exact) mass is 574 g/mol. The number of hydrogen-bond acceptors (Lipinski definition) is 1. The lowest BCUT2D eigenvalue weighted by atomic mass is 10.0. The summed E-state index contributed by atoms with van der Waals surface area (Å²) in [5, 5.41) is 7.27. The fourth-order valence-electron chi connectivity index (χ4n) is 7.25. The van der Waals surface area contributed by atoms with Crippen LogP contribution in [0.2, 0.25) is 0 Å². The minimum absolute atomic E-state index is 0.908. The maximum atomic E-state index is 6.15. The molecule has 3 heterocycles. The minimum Gasteiger partial charge on any atom is -0.456 e. The molecule has 45 heavy (non-hydrogen) atoms. The molecule has 0 amide bonds. The van der Waals surface area contributed by atoms with Crippen molar-refractivity contribution in [2.45, 2.75) is 0 Å². The van der Waals surface area contributed by atoms with Crippen molar-refractivity contribution in [2.75, 3.05) is 0 Å². The summed E-state index contributed by atoms with van der Waals surface area (Å²) in [6, 6.07) is 54.5. The highest BCUT2D eigenvalue weighted by atomic mass is 16.3. The molecule has 0 aliphatic heterocycles. The predicted octanol–water partition coefficient (Wildman–Crippen LogP) is 11.7. The molecule has 0 saturated heterocycles. The number of furan rings is 1. The van der Waals surface area contributed by atoms with E-state index in [0.29, 0.717) is 0 Å². The van der Waals surface area contributed by atoms with Crippen LogP contribution in [0.5, 0.6) is 0 Å². The molecule has 3 nitrogen and oxygen atoms in total. The van der Waals surface area contributed by atoms with E-state index in [1.807, 2.05) is 12.1 Å². The normalized spacial score (nSPS) is 12.0. The summed E-state index contributed by atoms with van der Waals surface area (Å²) in [5.74, 6) is 0. The van der Waals surface area contributed by atoms with Crippen LogP contribution >= 0.6 is 0 Å². The highest BCUT2D eigenvalue weighted by Crippen LogP contribution is 2.40. The molecule has 3 heteroatoms. The van der Waals surface area contributed by atoms with E-state index in [4.69, 9.17) is 4.42 Å². The first kappa shape index (κ1) is 24.4. The molecule has 0 spiro atoms. The minimum atomic E-state index is 0.908. The second-order valence-electron chi connectivity index (χ2n) is 11.8. The SMILES string of the molecule is c1ccc(-n2c3ccccc3c3ccc(-c4ccc5c(c4)[nH]c4ccccc45)cc32)c(-c2ccc3oc4ccccc4c3c2)c1. The number of benzene rings is 7. The van der Waals surface area contributed by atoms with Gasteiger partial charge in [0.1, 0.15) is 11.2 Å². The third-order valence-corrected chi connectivity index (χ3v) is 9.35. The maximum Gasteiger partial charge on any atom is 0.135 e. The Labute approximate surface area is 258 Å². The average molecular weight is 575 g/mol. The predicted molar refractivity (Wildman–Crippen MR) is 188 cm³/mol. The summed E-state index contributed by atoms with van der Waals surface area (Å²) in [7, 11) is 0. The van der Waals surface area contributed by atoms with Crippen LogP contribution in [-0.2, 0) is 0 Å². The van der Waals surface area contributed by atoms with Gasteiger partial charge in [0.15, 0.2) is 0 Å². The van der Waals surface area contributed by atoms with Crippen molar-refractivity contribution >= 4 is 65.6 Å². The zero-order chi connectivity index (χ0) is 29.5. The van der Waals surface area contributed by atoms with Crippen molar-refractivity contribution in [3.05, 3.63) is 152 Å². The molecule has 0 unspecified atom stereocenters. The molecule has 210 valence electrons. The standard InChI is InChI=1S/C42H26N2O/c1-5-13-36-30(10-1)31-20-17-26(24-37(31)43-36)27-18-21-33-32-11-3-7-15-39(32)44(40(33)25-27)38-14-6-2-9-29(38)28-19-22-42-35(23-28)34-12-4-8-16-41(34)45-42/h1-25,43H. The van der Waals surface area contributed by atoms with Gasteiger partial charge in [-0.25, -0.2) is 0 Å². The molecule has 1 N–H and O–H groups in total. The molecule has 0 aliphatic rings. The molecule has 3 aromatic heterocycles. The van der Waals surface area contributed by atoms with E-state index in [-0.39, 0.29) is 0 Å². The fraction of sp³-hybridized carbons (Fsp3) is 0. The summed E-state index contributed by atoms with van der Waals surface area (Å²) >= 11 is 0. The molecule has 0 radical (unpaired) electrons. The molecular formula is C42H26N2O. The van der Waals surface area contributed by atoms with Crippen molar-refractivity contribution in [3.63, 3.8) is 0 Å². The summed E-state index contributed by atoms with van der Waals surface area (Å²) in [5.41, 5.74) is 12.4. The van der Waals surface area contributed by atoms with Gasteiger partial charge in [0.25, 0.3) is 0 Å². The van der Waals surface area contributed by atoms with Crippen molar-refractivity contribution in [3.8, 4) is 27.9 Å². The molecule has 0 bridgehead atoms. The molecule has 0 atom stereocenters. The number of H-pyrrole nitrogens is 1. The number of aromatic nitrogens is 2. The van der Waals surface area contributed by atoms with Crippen molar-refractivity contribution in [1.82, 2.24) is 9.55 Å². The van der Waals surface area contributed by atoms with Gasteiger partial charge in [-0.1, -0.05) is 103 Å². The topological polar surface area (TPSA) is 33.9 Å². The molecule has 7 aromatic carbocycles. The van der Waals surface area contributed by atoms with Crippen LogP contribution in [0.25, 0.3) is 93.5 Å². The molecule has 10 rings (SSSR count).